The molecular weight excluding hydrogens is 332 g/mol. The van der Waals surface area contributed by atoms with Crippen LogP contribution in [0.1, 0.15) is 5.56 Å². The molecule has 0 saturated heterocycles. The summed E-state index contributed by atoms with van der Waals surface area (Å²) >= 11 is 1.89. The Hall–Kier alpha value is -2.90. The predicted octanol–water partition coefficient (Wildman–Crippen LogP) is 7.70. The summed E-state index contributed by atoms with van der Waals surface area (Å²) in [6.45, 7) is 2.12. The molecule has 1 heterocycles. The van der Waals surface area contributed by atoms with Crippen molar-refractivity contribution in [2.75, 3.05) is 0 Å². The van der Waals surface area contributed by atoms with E-state index in [9.17, 15) is 0 Å². The molecule has 4 aromatic carbocycles. The fraction of sp³-hybridized carbons (Fsp3) is 0.0400. The van der Waals surface area contributed by atoms with Gasteiger partial charge in [0.05, 0.1) is 0 Å². The summed E-state index contributed by atoms with van der Waals surface area (Å²) in [5, 5.41) is 2.70. The average molecular weight is 350 g/mol. The van der Waals surface area contributed by atoms with Gasteiger partial charge in [-0.05, 0) is 35.2 Å². The fourth-order valence-electron chi connectivity index (χ4n) is 3.56. The molecule has 0 aliphatic rings. The molecule has 0 saturated carbocycles. The second-order valence-corrected chi connectivity index (χ2v) is 7.78. The molecule has 0 spiro atoms. The van der Waals surface area contributed by atoms with Crippen LogP contribution in [-0.2, 0) is 0 Å². The van der Waals surface area contributed by atoms with E-state index in [0.29, 0.717) is 0 Å². The third-order valence-electron chi connectivity index (χ3n) is 4.99. The number of benzene rings is 4. The van der Waals surface area contributed by atoms with Gasteiger partial charge in [0.25, 0.3) is 0 Å². The van der Waals surface area contributed by atoms with Gasteiger partial charge in [0.1, 0.15) is 0 Å². The average Bonchev–Trinajstić information content (AvgIpc) is 3.08. The minimum absolute atomic E-state index is 1.26. The van der Waals surface area contributed by atoms with Crippen molar-refractivity contribution in [2.24, 2.45) is 0 Å². The van der Waals surface area contributed by atoms with Crippen LogP contribution in [-0.4, -0.2) is 0 Å². The van der Waals surface area contributed by atoms with Crippen molar-refractivity contribution in [3.63, 3.8) is 0 Å². The van der Waals surface area contributed by atoms with Crippen molar-refractivity contribution < 1.29 is 0 Å². The highest BCUT2D eigenvalue weighted by Crippen LogP contribution is 2.40. The van der Waals surface area contributed by atoms with Crippen molar-refractivity contribution in [1.29, 1.82) is 0 Å². The predicted molar refractivity (Wildman–Crippen MR) is 115 cm³/mol. The van der Waals surface area contributed by atoms with Crippen LogP contribution >= 0.6 is 11.3 Å². The number of aryl methyl sites for hydroxylation is 1. The molecule has 0 bridgehead atoms. The lowest BCUT2D eigenvalue weighted by Crippen LogP contribution is -1.81. The third kappa shape index (κ3) is 2.53. The van der Waals surface area contributed by atoms with E-state index in [-0.39, 0.29) is 0 Å². The Kier molecular flexibility index (Phi) is 3.62. The topological polar surface area (TPSA) is 0 Å². The van der Waals surface area contributed by atoms with E-state index in [1.165, 1.54) is 48.0 Å². The fourth-order valence-corrected chi connectivity index (χ4v) is 4.80. The highest BCUT2D eigenvalue weighted by atomic mass is 32.1. The Morgan fingerprint density at radius 3 is 1.92 bits per heavy atom. The van der Waals surface area contributed by atoms with Crippen LogP contribution in [0.2, 0.25) is 0 Å². The van der Waals surface area contributed by atoms with Gasteiger partial charge in [-0.15, -0.1) is 11.3 Å². The lowest BCUT2D eigenvalue weighted by molar-refractivity contribution is 1.47. The molecule has 5 aromatic rings. The second kappa shape index (κ2) is 6.12. The van der Waals surface area contributed by atoms with E-state index in [0.717, 1.165) is 0 Å². The monoisotopic (exact) mass is 350 g/mol. The Morgan fingerprint density at radius 1 is 0.538 bits per heavy atom. The van der Waals surface area contributed by atoms with Crippen LogP contribution in [0.5, 0.6) is 0 Å². The molecule has 0 amide bonds. The van der Waals surface area contributed by atoms with Crippen molar-refractivity contribution in [3.8, 4) is 22.3 Å². The standard InChI is InChI=1S/C25H18S/c1-17-9-11-18(12-10-17)19-13-15-20(16-14-19)21-6-4-7-23-22-5-2-3-8-24(22)26-25(21)23/h2-16H,1H3. The lowest BCUT2D eigenvalue weighted by atomic mass is 9.98. The molecule has 124 valence electrons. The van der Waals surface area contributed by atoms with Gasteiger partial charge < -0.3 is 0 Å². The maximum absolute atomic E-state index is 2.24. The molecule has 5 rings (SSSR count). The van der Waals surface area contributed by atoms with E-state index in [1.807, 2.05) is 11.3 Å². The number of rotatable bonds is 2. The van der Waals surface area contributed by atoms with E-state index in [2.05, 4.69) is 97.9 Å². The zero-order chi connectivity index (χ0) is 17.5. The van der Waals surface area contributed by atoms with Crippen molar-refractivity contribution in [3.05, 3.63) is 96.6 Å². The molecule has 0 unspecified atom stereocenters. The largest absolute Gasteiger partial charge is 0.135 e. The first-order chi connectivity index (χ1) is 12.8. The molecule has 0 aliphatic heterocycles. The number of thiophene rings is 1. The van der Waals surface area contributed by atoms with Gasteiger partial charge in [0, 0.05) is 20.2 Å². The summed E-state index contributed by atoms with van der Waals surface area (Å²) in [5.74, 6) is 0. The zero-order valence-corrected chi connectivity index (χ0v) is 15.4. The highest BCUT2D eigenvalue weighted by molar-refractivity contribution is 7.26. The zero-order valence-electron chi connectivity index (χ0n) is 14.6. The quantitative estimate of drug-likeness (QED) is 0.306. The van der Waals surface area contributed by atoms with Crippen LogP contribution in [0.4, 0.5) is 0 Å². The smallest absolute Gasteiger partial charge is 0.0433 e. The molecule has 0 nitrogen and oxygen atoms in total. The van der Waals surface area contributed by atoms with Gasteiger partial charge in [-0.1, -0.05) is 90.5 Å². The molecule has 0 aliphatic carbocycles. The van der Waals surface area contributed by atoms with E-state index < -0.39 is 0 Å². The lowest BCUT2D eigenvalue weighted by Gasteiger charge is -2.07. The Morgan fingerprint density at radius 2 is 1.15 bits per heavy atom. The van der Waals surface area contributed by atoms with Crippen LogP contribution in [0.25, 0.3) is 42.4 Å². The van der Waals surface area contributed by atoms with Crippen LogP contribution in [0.3, 0.4) is 0 Å². The molecular formula is C25H18S. The summed E-state index contributed by atoms with van der Waals surface area (Å²) < 4.78 is 2.73. The van der Waals surface area contributed by atoms with Gasteiger partial charge in [-0.25, -0.2) is 0 Å². The molecule has 26 heavy (non-hydrogen) atoms. The Balaban J connectivity index is 1.62. The number of fused-ring (bicyclic) bond motifs is 3. The molecule has 0 fully saturated rings. The molecule has 0 atom stereocenters. The summed E-state index contributed by atoms with van der Waals surface area (Å²) in [7, 11) is 0. The first-order valence-corrected chi connectivity index (χ1v) is 9.69. The molecule has 1 aromatic heterocycles. The van der Waals surface area contributed by atoms with Gasteiger partial charge in [-0.2, -0.15) is 0 Å². The van der Waals surface area contributed by atoms with Crippen LogP contribution in [0.15, 0.2) is 91.0 Å². The summed E-state index contributed by atoms with van der Waals surface area (Å²) in [6.07, 6.45) is 0. The SMILES string of the molecule is Cc1ccc(-c2ccc(-c3cccc4c3sc3ccccc34)cc2)cc1. The minimum Gasteiger partial charge on any atom is -0.135 e. The Bertz CT molecular complexity index is 1210. The number of hydrogen-bond donors (Lipinski definition) is 0. The van der Waals surface area contributed by atoms with Crippen LogP contribution < -0.4 is 0 Å². The summed E-state index contributed by atoms with van der Waals surface area (Å²) in [4.78, 5) is 0. The van der Waals surface area contributed by atoms with E-state index in [1.54, 1.807) is 0 Å². The molecule has 0 N–H and O–H groups in total. The Labute approximate surface area is 157 Å². The van der Waals surface area contributed by atoms with Crippen molar-refractivity contribution in [1.82, 2.24) is 0 Å². The molecule has 0 radical (unpaired) electrons. The second-order valence-electron chi connectivity index (χ2n) is 6.72. The summed E-state index contributed by atoms with van der Waals surface area (Å²) in [5.41, 5.74) is 6.42. The first-order valence-electron chi connectivity index (χ1n) is 8.87. The van der Waals surface area contributed by atoms with E-state index in [4.69, 9.17) is 0 Å². The summed E-state index contributed by atoms with van der Waals surface area (Å²) in [6, 6.07) is 33.0. The maximum atomic E-state index is 2.24. The normalized spacial score (nSPS) is 11.3. The number of hydrogen-bond acceptors (Lipinski definition) is 1. The van der Waals surface area contributed by atoms with Crippen molar-refractivity contribution in [2.45, 2.75) is 6.92 Å². The van der Waals surface area contributed by atoms with Gasteiger partial charge in [0.15, 0.2) is 0 Å². The molecule has 1 heteroatoms. The van der Waals surface area contributed by atoms with Gasteiger partial charge in [-0.3, -0.25) is 0 Å². The first kappa shape index (κ1) is 15.4. The maximum Gasteiger partial charge on any atom is 0.0433 e. The van der Waals surface area contributed by atoms with Crippen molar-refractivity contribution >= 4 is 31.5 Å². The highest BCUT2D eigenvalue weighted by Gasteiger charge is 2.10. The van der Waals surface area contributed by atoms with Crippen LogP contribution in [0, 0.1) is 6.92 Å². The van der Waals surface area contributed by atoms with Gasteiger partial charge in [0.2, 0.25) is 0 Å². The van der Waals surface area contributed by atoms with E-state index >= 15 is 0 Å². The van der Waals surface area contributed by atoms with Gasteiger partial charge >= 0.3 is 0 Å². The minimum atomic E-state index is 1.26. The third-order valence-corrected chi connectivity index (χ3v) is 6.20.